The van der Waals surface area contributed by atoms with Crippen molar-refractivity contribution in [3.63, 3.8) is 0 Å². The summed E-state index contributed by atoms with van der Waals surface area (Å²) in [6.45, 7) is 6.83. The normalized spacial score (nSPS) is 9.40. The number of nitrogens with zero attached hydrogens (tertiary/aromatic N) is 2. The zero-order valence-electron chi connectivity index (χ0n) is 15.7. The third-order valence-corrected chi connectivity index (χ3v) is 4.04. The van der Waals surface area contributed by atoms with E-state index in [1.807, 2.05) is 0 Å². The Hall–Kier alpha value is -1.67. The molecule has 0 fully saturated rings. The van der Waals surface area contributed by atoms with Crippen LogP contribution >= 0.6 is 12.1 Å². The molecule has 0 spiro atoms. The molecule has 138 valence electrons. The fraction of sp³-hybridized carbons (Fsp3) is 0.600. The van der Waals surface area contributed by atoms with E-state index in [9.17, 15) is 9.59 Å². The highest BCUT2D eigenvalue weighted by Gasteiger charge is 2.01. The van der Waals surface area contributed by atoms with E-state index in [2.05, 4.69) is 47.8 Å². The number of isocyanates is 2. The van der Waals surface area contributed by atoms with E-state index >= 15 is 0 Å². The number of carbonyl (C=O) groups excluding carboxylic acids is 2. The monoisotopic (exact) mass is 362 g/mol. The largest absolute Gasteiger partial charge is 0.249 e. The Balaban J connectivity index is 0.000000697. The van der Waals surface area contributed by atoms with Crippen LogP contribution in [0.2, 0.25) is 0 Å². The van der Waals surface area contributed by atoms with Gasteiger partial charge in [-0.15, -0.1) is 8.80 Å². The summed E-state index contributed by atoms with van der Waals surface area (Å²) in [5.74, 6) is 0. The van der Waals surface area contributed by atoms with Crippen molar-refractivity contribution < 1.29 is 9.59 Å². The molecular formula is C20H30N2O2S. The molecule has 0 N–H and O–H groups in total. The summed E-state index contributed by atoms with van der Waals surface area (Å²) in [6, 6.07) is 7.34. The lowest BCUT2D eigenvalue weighted by Gasteiger charge is -2.09. The van der Waals surface area contributed by atoms with Crippen LogP contribution in [0.1, 0.15) is 76.0 Å². The van der Waals surface area contributed by atoms with E-state index in [-0.39, 0.29) is 0 Å². The van der Waals surface area contributed by atoms with Crippen LogP contribution in [0.4, 0.5) is 0 Å². The van der Waals surface area contributed by atoms with Crippen LogP contribution < -0.4 is 0 Å². The molecule has 1 aromatic carbocycles. The van der Waals surface area contributed by atoms with Gasteiger partial charge in [-0.3, -0.25) is 0 Å². The van der Waals surface area contributed by atoms with E-state index in [1.54, 1.807) is 16.7 Å². The van der Waals surface area contributed by atoms with E-state index in [4.69, 9.17) is 0 Å². The van der Waals surface area contributed by atoms with Crippen LogP contribution in [0, 0.1) is 0 Å². The van der Waals surface area contributed by atoms with Crippen molar-refractivity contribution in [2.75, 3.05) is 0 Å². The molecule has 0 aliphatic carbocycles. The van der Waals surface area contributed by atoms with Crippen molar-refractivity contribution in [2.24, 2.45) is 8.80 Å². The minimum absolute atomic E-state index is 0.456. The molecule has 0 heterocycles. The Morgan fingerprint density at radius 2 is 1.04 bits per heavy atom. The smallest absolute Gasteiger partial charge is 0.210 e. The van der Waals surface area contributed by atoms with Gasteiger partial charge in [0, 0.05) is 0 Å². The van der Waals surface area contributed by atoms with Crippen molar-refractivity contribution in [1.29, 1.82) is 0 Å². The van der Waals surface area contributed by atoms with Gasteiger partial charge in [-0.2, -0.15) is 0 Å². The van der Waals surface area contributed by atoms with Crippen LogP contribution in [0.3, 0.4) is 0 Å². The molecule has 0 aliphatic heterocycles. The quantitative estimate of drug-likeness (QED) is 0.278. The van der Waals surface area contributed by atoms with E-state index in [1.165, 1.54) is 69.9 Å². The molecule has 0 amide bonds. The first-order valence-corrected chi connectivity index (χ1v) is 9.86. The first-order valence-electron chi connectivity index (χ1n) is 9.13. The molecule has 0 saturated heterocycles. The van der Waals surface area contributed by atoms with Gasteiger partial charge in [0.1, 0.15) is 12.1 Å². The minimum Gasteiger partial charge on any atom is -0.210 e. The zero-order chi connectivity index (χ0) is 18.8. The molecule has 0 aliphatic rings. The Morgan fingerprint density at radius 3 is 1.28 bits per heavy atom. The predicted molar refractivity (Wildman–Crippen MR) is 106 cm³/mol. The number of hydrogen-bond donors (Lipinski definition) is 0. The highest BCUT2D eigenvalue weighted by Crippen LogP contribution is 2.17. The van der Waals surface area contributed by atoms with Crippen molar-refractivity contribution in [2.45, 2.75) is 78.6 Å². The van der Waals surface area contributed by atoms with Gasteiger partial charge in [-0.25, -0.2) is 9.59 Å². The van der Waals surface area contributed by atoms with Gasteiger partial charge in [0.15, 0.2) is 0 Å². The molecule has 25 heavy (non-hydrogen) atoms. The molecule has 0 saturated carbocycles. The second-order valence-electron chi connectivity index (χ2n) is 5.92. The van der Waals surface area contributed by atoms with Gasteiger partial charge in [0.25, 0.3) is 0 Å². The van der Waals surface area contributed by atoms with Crippen LogP contribution in [0.15, 0.2) is 27.0 Å². The lowest BCUT2D eigenvalue weighted by atomic mass is 9.96. The molecule has 0 bridgehead atoms. The summed E-state index contributed by atoms with van der Waals surface area (Å²) in [6.07, 6.45) is 14.0. The number of hydrogen-bond acceptors (Lipinski definition) is 5. The Bertz CT molecular complexity index is 482. The van der Waals surface area contributed by atoms with E-state index < -0.39 is 0 Å². The topological polar surface area (TPSA) is 58.9 Å². The summed E-state index contributed by atoms with van der Waals surface area (Å²) in [4.78, 5) is 18.4. The molecule has 0 unspecified atom stereocenters. The Labute approximate surface area is 156 Å². The number of aryl methyl sites for hydroxylation is 3. The van der Waals surface area contributed by atoms with Gasteiger partial charge in [-0.05, 0) is 55.2 Å². The summed E-state index contributed by atoms with van der Waals surface area (Å²) in [7, 11) is 0. The van der Waals surface area contributed by atoms with Gasteiger partial charge >= 0.3 is 0 Å². The Morgan fingerprint density at radius 1 is 0.720 bits per heavy atom. The van der Waals surface area contributed by atoms with Crippen LogP contribution in [0.25, 0.3) is 0 Å². The minimum atomic E-state index is 0.456. The molecule has 5 heteroatoms. The third-order valence-electron chi connectivity index (χ3n) is 3.73. The Kier molecular flexibility index (Phi) is 16.0. The van der Waals surface area contributed by atoms with Gasteiger partial charge in [-0.1, -0.05) is 58.2 Å². The van der Waals surface area contributed by atoms with Gasteiger partial charge in [0.05, 0.1) is 0 Å². The fourth-order valence-electron chi connectivity index (χ4n) is 2.47. The maximum Gasteiger partial charge on any atom is 0.249 e. The number of unbranched alkanes of at least 4 members (excludes halogenated alkanes) is 3. The maximum atomic E-state index is 9.18. The van der Waals surface area contributed by atoms with Crippen molar-refractivity contribution in [3.05, 3.63) is 34.9 Å². The molecule has 0 aromatic heterocycles. The molecule has 0 radical (unpaired) electrons. The first kappa shape index (κ1) is 23.3. The van der Waals surface area contributed by atoms with Gasteiger partial charge < -0.3 is 0 Å². The third kappa shape index (κ3) is 13.3. The second kappa shape index (κ2) is 17.2. The first-order chi connectivity index (χ1) is 12.2. The molecule has 1 rings (SSSR count). The summed E-state index contributed by atoms with van der Waals surface area (Å²) < 4.78 is 5.69. The zero-order valence-corrected chi connectivity index (χ0v) is 16.5. The average Bonchev–Trinajstić information content (AvgIpc) is 2.64. The summed E-state index contributed by atoms with van der Waals surface area (Å²) >= 11 is 0.456. The highest BCUT2D eigenvalue weighted by molar-refractivity contribution is 7.96. The highest BCUT2D eigenvalue weighted by atomic mass is 32.2. The molecule has 4 nitrogen and oxygen atoms in total. The second-order valence-corrected chi connectivity index (χ2v) is 6.44. The van der Waals surface area contributed by atoms with Crippen molar-refractivity contribution in [3.8, 4) is 0 Å². The molecule has 1 aromatic rings. The standard InChI is InChI=1S/C18H30.C2N2O2S/c1-4-7-10-16-13-17(11-8-5-2)15-18(14-16)12-9-6-3;5-1-3-7-4-2-6/h13-15H,4-12H2,1-3H3;. The lowest BCUT2D eigenvalue weighted by Crippen LogP contribution is -1.95. The number of rotatable bonds is 11. The van der Waals surface area contributed by atoms with Crippen molar-refractivity contribution >= 4 is 24.3 Å². The maximum absolute atomic E-state index is 9.18. The fourth-order valence-corrected chi connectivity index (χ4v) is 2.58. The SMILES string of the molecule is CCCCc1cc(CCCC)cc(CCCC)c1.O=C=NSN=C=O. The van der Waals surface area contributed by atoms with Crippen LogP contribution in [-0.4, -0.2) is 12.2 Å². The predicted octanol–water partition coefficient (Wildman–Crippen LogP) is 5.94. The van der Waals surface area contributed by atoms with Gasteiger partial charge in [0.2, 0.25) is 12.2 Å². The lowest BCUT2D eigenvalue weighted by molar-refractivity contribution is 0.566. The van der Waals surface area contributed by atoms with Crippen LogP contribution in [0.5, 0.6) is 0 Å². The average molecular weight is 363 g/mol. The van der Waals surface area contributed by atoms with Crippen LogP contribution in [-0.2, 0) is 28.9 Å². The summed E-state index contributed by atoms with van der Waals surface area (Å²) in [5, 5.41) is 0. The van der Waals surface area contributed by atoms with E-state index in [0.717, 1.165) is 0 Å². The number of benzene rings is 1. The molecular weight excluding hydrogens is 332 g/mol. The van der Waals surface area contributed by atoms with E-state index in [0.29, 0.717) is 12.1 Å². The molecule has 0 atom stereocenters. The summed E-state index contributed by atoms with van der Waals surface area (Å²) in [5.41, 5.74) is 4.70. The van der Waals surface area contributed by atoms with Crippen molar-refractivity contribution in [1.82, 2.24) is 0 Å².